The second kappa shape index (κ2) is 9.76. The fourth-order valence-electron chi connectivity index (χ4n) is 3.86. The van der Waals surface area contributed by atoms with Crippen LogP contribution in [0.2, 0.25) is 0 Å². The third-order valence-corrected chi connectivity index (χ3v) is 5.73. The summed E-state index contributed by atoms with van der Waals surface area (Å²) in [5.74, 6) is 0.705. The normalized spacial score (nSPS) is 17.5. The van der Waals surface area contributed by atoms with Gasteiger partial charge in [-0.3, -0.25) is 0 Å². The highest BCUT2D eigenvalue weighted by atomic mass is 19.4. The molecule has 0 bridgehead atoms. The van der Waals surface area contributed by atoms with Gasteiger partial charge in [-0.05, 0) is 18.2 Å². The molecule has 2 aromatic rings. The molecule has 0 unspecified atom stereocenters. The van der Waals surface area contributed by atoms with Crippen molar-refractivity contribution in [2.75, 3.05) is 67.6 Å². The lowest BCUT2D eigenvalue weighted by Gasteiger charge is -2.36. The van der Waals surface area contributed by atoms with Crippen LogP contribution in [-0.4, -0.2) is 73.6 Å². The van der Waals surface area contributed by atoms with Gasteiger partial charge in [0.25, 0.3) is 0 Å². The Morgan fingerprint density at radius 3 is 2.00 bits per heavy atom. The first-order valence-electron chi connectivity index (χ1n) is 10.8. The second-order valence-corrected chi connectivity index (χ2v) is 8.07. The Morgan fingerprint density at radius 1 is 0.829 bits per heavy atom. The molecule has 2 aliphatic heterocycles. The molecule has 0 radical (unpaired) electrons. The first kappa shape index (κ1) is 24.8. The Morgan fingerprint density at radius 2 is 1.43 bits per heavy atom. The Kier molecular flexibility index (Phi) is 6.92. The van der Waals surface area contributed by atoms with E-state index in [-0.39, 0.29) is 19.2 Å². The van der Waals surface area contributed by atoms with Crippen LogP contribution < -0.4 is 15.1 Å². The van der Waals surface area contributed by atoms with Gasteiger partial charge >= 0.3 is 18.4 Å². The summed E-state index contributed by atoms with van der Waals surface area (Å²) in [6, 6.07) is 2.09. The number of aromatic nitrogens is 2. The standard InChI is InChI=1S/C21H22F6N6O2/c22-20(23,24)14-9-15(21(25,26)27)11-16(10-14)29-19(34)33-3-1-31(2-4-33)17-12-18(30-28-13-17)32-5-7-35-8-6-32/h9-13H,1-8H2,(H,29,34). The van der Waals surface area contributed by atoms with Crippen LogP contribution in [0, 0.1) is 0 Å². The number of nitrogens with one attached hydrogen (secondary N) is 1. The van der Waals surface area contributed by atoms with E-state index in [0.29, 0.717) is 57.3 Å². The molecule has 8 nitrogen and oxygen atoms in total. The van der Waals surface area contributed by atoms with E-state index < -0.39 is 35.2 Å². The van der Waals surface area contributed by atoms with Crippen molar-refractivity contribution in [1.29, 1.82) is 0 Å². The number of alkyl halides is 6. The molecule has 3 heterocycles. The molecule has 1 aromatic carbocycles. The molecule has 190 valence electrons. The SMILES string of the molecule is O=C(Nc1cc(C(F)(F)F)cc(C(F)(F)F)c1)N1CCN(c2cnnc(N3CCOCC3)c2)CC1. The van der Waals surface area contributed by atoms with Crippen LogP contribution in [0.25, 0.3) is 0 Å². The fourth-order valence-corrected chi connectivity index (χ4v) is 3.86. The minimum absolute atomic E-state index is 0.0162. The number of morpholine rings is 1. The summed E-state index contributed by atoms with van der Waals surface area (Å²) in [6.45, 7) is 3.80. The molecule has 2 amide bonds. The van der Waals surface area contributed by atoms with Gasteiger partial charge < -0.3 is 24.8 Å². The number of halogens is 6. The summed E-state index contributed by atoms with van der Waals surface area (Å²) in [4.78, 5) is 18.0. The largest absolute Gasteiger partial charge is 0.416 e. The van der Waals surface area contributed by atoms with Crippen LogP contribution in [0.4, 0.5) is 48.3 Å². The zero-order valence-corrected chi connectivity index (χ0v) is 18.4. The highest BCUT2D eigenvalue weighted by molar-refractivity contribution is 5.89. The van der Waals surface area contributed by atoms with E-state index in [1.54, 1.807) is 6.20 Å². The monoisotopic (exact) mass is 504 g/mol. The maximum atomic E-state index is 13.1. The molecule has 14 heteroatoms. The van der Waals surface area contributed by atoms with Crippen molar-refractivity contribution in [2.24, 2.45) is 0 Å². The van der Waals surface area contributed by atoms with E-state index in [2.05, 4.69) is 15.5 Å². The molecule has 1 aromatic heterocycles. The Labute approximate surface area is 196 Å². The molecule has 35 heavy (non-hydrogen) atoms. The molecule has 4 rings (SSSR count). The number of piperazine rings is 1. The number of ether oxygens (including phenoxy) is 1. The summed E-state index contributed by atoms with van der Waals surface area (Å²) in [6.07, 6.45) is -8.39. The highest BCUT2D eigenvalue weighted by Crippen LogP contribution is 2.37. The van der Waals surface area contributed by atoms with E-state index in [1.807, 2.05) is 15.9 Å². The highest BCUT2D eigenvalue weighted by Gasteiger charge is 2.37. The van der Waals surface area contributed by atoms with E-state index in [9.17, 15) is 31.1 Å². The maximum absolute atomic E-state index is 13.1. The lowest BCUT2D eigenvalue weighted by atomic mass is 10.1. The molecule has 0 spiro atoms. The van der Waals surface area contributed by atoms with Crippen molar-refractivity contribution in [2.45, 2.75) is 12.4 Å². The van der Waals surface area contributed by atoms with Crippen molar-refractivity contribution in [1.82, 2.24) is 15.1 Å². The lowest BCUT2D eigenvalue weighted by Crippen LogP contribution is -2.50. The molecule has 0 saturated carbocycles. The Bertz CT molecular complexity index is 1020. The van der Waals surface area contributed by atoms with Gasteiger partial charge in [-0.1, -0.05) is 0 Å². The molecular weight excluding hydrogens is 482 g/mol. The molecule has 1 N–H and O–H groups in total. The third-order valence-electron chi connectivity index (χ3n) is 5.73. The Balaban J connectivity index is 1.40. The quantitative estimate of drug-likeness (QED) is 0.643. The van der Waals surface area contributed by atoms with Gasteiger partial charge in [0.1, 0.15) is 0 Å². The smallest absolute Gasteiger partial charge is 0.378 e. The van der Waals surface area contributed by atoms with Crippen molar-refractivity contribution in [3.8, 4) is 0 Å². The number of benzene rings is 1. The van der Waals surface area contributed by atoms with Crippen LogP contribution in [0.1, 0.15) is 11.1 Å². The number of nitrogens with zero attached hydrogens (tertiary/aromatic N) is 5. The number of hydrogen-bond donors (Lipinski definition) is 1. The number of hydrogen-bond acceptors (Lipinski definition) is 6. The minimum Gasteiger partial charge on any atom is -0.378 e. The van der Waals surface area contributed by atoms with Gasteiger partial charge in [0, 0.05) is 51.0 Å². The van der Waals surface area contributed by atoms with Gasteiger partial charge in [-0.2, -0.15) is 31.4 Å². The van der Waals surface area contributed by atoms with Gasteiger partial charge in [0.05, 0.1) is 36.2 Å². The summed E-state index contributed by atoms with van der Waals surface area (Å²) in [7, 11) is 0. The fraction of sp³-hybridized carbons (Fsp3) is 0.476. The van der Waals surface area contributed by atoms with Gasteiger partial charge in [0.2, 0.25) is 0 Å². The summed E-state index contributed by atoms with van der Waals surface area (Å²) < 4.78 is 83.7. The second-order valence-electron chi connectivity index (χ2n) is 8.07. The number of urea groups is 1. The van der Waals surface area contributed by atoms with Crippen molar-refractivity contribution in [3.63, 3.8) is 0 Å². The summed E-state index contributed by atoms with van der Waals surface area (Å²) in [5, 5.41) is 10.4. The average Bonchev–Trinajstić information content (AvgIpc) is 2.83. The average molecular weight is 504 g/mol. The van der Waals surface area contributed by atoms with Crippen LogP contribution in [-0.2, 0) is 17.1 Å². The minimum atomic E-state index is -5.00. The Hall–Kier alpha value is -3.29. The molecule has 0 aliphatic carbocycles. The number of anilines is 3. The van der Waals surface area contributed by atoms with Crippen molar-refractivity contribution >= 4 is 23.2 Å². The van der Waals surface area contributed by atoms with Gasteiger partial charge in [-0.15, -0.1) is 5.10 Å². The first-order valence-corrected chi connectivity index (χ1v) is 10.8. The molecule has 2 saturated heterocycles. The zero-order chi connectivity index (χ0) is 25.2. The van der Waals surface area contributed by atoms with E-state index in [1.165, 1.54) is 4.90 Å². The maximum Gasteiger partial charge on any atom is 0.416 e. The third kappa shape index (κ3) is 6.05. The topological polar surface area (TPSA) is 73.8 Å². The predicted molar refractivity (Wildman–Crippen MR) is 114 cm³/mol. The van der Waals surface area contributed by atoms with Crippen LogP contribution in [0.3, 0.4) is 0 Å². The number of carbonyl (C=O) groups excluding carboxylic acids is 1. The van der Waals surface area contributed by atoms with E-state index in [0.717, 1.165) is 5.69 Å². The lowest BCUT2D eigenvalue weighted by molar-refractivity contribution is -0.143. The summed E-state index contributed by atoms with van der Waals surface area (Å²) >= 11 is 0. The van der Waals surface area contributed by atoms with Gasteiger partial charge in [-0.25, -0.2) is 4.79 Å². The zero-order valence-electron chi connectivity index (χ0n) is 18.4. The number of rotatable bonds is 3. The van der Waals surface area contributed by atoms with Crippen LogP contribution in [0.5, 0.6) is 0 Å². The van der Waals surface area contributed by atoms with Crippen LogP contribution >= 0.6 is 0 Å². The van der Waals surface area contributed by atoms with E-state index >= 15 is 0 Å². The first-order chi connectivity index (χ1) is 16.5. The molecule has 0 atom stereocenters. The molecule has 2 aliphatic rings. The molecular formula is C21H22F6N6O2. The predicted octanol–water partition coefficient (Wildman–Crippen LogP) is 3.70. The number of carbonyl (C=O) groups is 1. The van der Waals surface area contributed by atoms with Gasteiger partial charge in [0.15, 0.2) is 5.82 Å². The molecule has 2 fully saturated rings. The number of amides is 2. The van der Waals surface area contributed by atoms with Crippen LogP contribution in [0.15, 0.2) is 30.5 Å². The van der Waals surface area contributed by atoms with Crippen molar-refractivity contribution in [3.05, 3.63) is 41.6 Å². The van der Waals surface area contributed by atoms with Crippen molar-refractivity contribution < 1.29 is 35.9 Å². The van der Waals surface area contributed by atoms with E-state index in [4.69, 9.17) is 4.74 Å². The summed E-state index contributed by atoms with van der Waals surface area (Å²) in [5.41, 5.74) is -2.76.